The molecule has 1 aromatic heterocycles. The summed E-state index contributed by atoms with van der Waals surface area (Å²) in [7, 11) is 2.58. The molecule has 8 heteroatoms. The number of amides is 2. The Morgan fingerprint density at radius 3 is 2.68 bits per heavy atom. The summed E-state index contributed by atoms with van der Waals surface area (Å²) >= 11 is 1.23. The van der Waals surface area contributed by atoms with Crippen LogP contribution in [-0.4, -0.2) is 48.7 Å². The van der Waals surface area contributed by atoms with Crippen molar-refractivity contribution in [3.63, 3.8) is 0 Å². The molecule has 0 aromatic carbocycles. The van der Waals surface area contributed by atoms with Crippen LogP contribution in [0.4, 0.5) is 4.79 Å². The van der Waals surface area contributed by atoms with Crippen LogP contribution in [0.5, 0.6) is 0 Å². The molecule has 0 aliphatic rings. The maximum absolute atomic E-state index is 11.8. The van der Waals surface area contributed by atoms with E-state index in [0.717, 1.165) is 4.90 Å². The highest BCUT2D eigenvalue weighted by atomic mass is 32.1. The number of thiophene rings is 1. The molecule has 1 aromatic rings. The van der Waals surface area contributed by atoms with Gasteiger partial charge in [0, 0.05) is 11.9 Å². The molecule has 0 spiro atoms. The van der Waals surface area contributed by atoms with E-state index in [1.807, 2.05) is 0 Å². The molecule has 0 saturated heterocycles. The van der Waals surface area contributed by atoms with Crippen LogP contribution in [0.1, 0.15) is 10.9 Å². The Labute approximate surface area is 113 Å². The topological polar surface area (TPSA) is 95.9 Å². The lowest BCUT2D eigenvalue weighted by Gasteiger charge is -2.19. The number of ether oxygens (including phenoxy) is 1. The first-order valence-corrected chi connectivity index (χ1v) is 6.18. The first kappa shape index (κ1) is 15.0. The van der Waals surface area contributed by atoms with Gasteiger partial charge in [0.15, 0.2) is 6.04 Å². The molecule has 19 heavy (non-hydrogen) atoms. The number of hydrogen-bond donors (Lipinski definition) is 2. The van der Waals surface area contributed by atoms with Crippen LogP contribution in [0.3, 0.4) is 0 Å². The third kappa shape index (κ3) is 4.25. The van der Waals surface area contributed by atoms with Crippen molar-refractivity contribution < 1.29 is 24.2 Å². The molecule has 0 aliphatic heterocycles. The predicted molar refractivity (Wildman–Crippen MR) is 67.9 cm³/mol. The van der Waals surface area contributed by atoms with Gasteiger partial charge in [-0.2, -0.15) is 0 Å². The third-order valence-electron chi connectivity index (χ3n) is 2.28. The predicted octanol–water partition coefficient (Wildman–Crippen LogP) is 0.688. The molecule has 0 aliphatic carbocycles. The van der Waals surface area contributed by atoms with Gasteiger partial charge in [0.1, 0.15) is 6.54 Å². The molecular weight excluding hydrogens is 272 g/mol. The number of carboxylic acids is 1. The standard InChI is InChI=1S/C11H14N2O5S/c1-13(6-8(14)18-2)11(17)12-9(10(15)16)7-4-3-5-19-7/h3-5,9H,6H2,1-2H3,(H,12,17)(H,15,16). The van der Waals surface area contributed by atoms with Crippen molar-refractivity contribution in [2.24, 2.45) is 0 Å². The Bertz CT molecular complexity index is 460. The first-order valence-electron chi connectivity index (χ1n) is 5.30. The zero-order valence-corrected chi connectivity index (χ0v) is 11.3. The molecule has 7 nitrogen and oxygen atoms in total. The molecule has 0 saturated carbocycles. The van der Waals surface area contributed by atoms with Crippen molar-refractivity contribution >= 4 is 29.3 Å². The zero-order chi connectivity index (χ0) is 14.4. The van der Waals surface area contributed by atoms with Crippen molar-refractivity contribution in [2.75, 3.05) is 20.7 Å². The van der Waals surface area contributed by atoms with E-state index in [4.69, 9.17) is 5.11 Å². The van der Waals surface area contributed by atoms with E-state index in [0.29, 0.717) is 4.88 Å². The van der Waals surface area contributed by atoms with Gasteiger partial charge in [-0.05, 0) is 11.4 Å². The normalized spacial score (nSPS) is 11.5. The maximum atomic E-state index is 11.8. The summed E-state index contributed by atoms with van der Waals surface area (Å²) in [5.74, 6) is -1.75. The number of carboxylic acid groups (broad SMARTS) is 1. The minimum Gasteiger partial charge on any atom is -0.479 e. The van der Waals surface area contributed by atoms with Crippen LogP contribution in [0.15, 0.2) is 17.5 Å². The Morgan fingerprint density at radius 2 is 2.21 bits per heavy atom. The average molecular weight is 286 g/mol. The lowest BCUT2D eigenvalue weighted by molar-refractivity contribution is -0.141. The molecular formula is C11H14N2O5S. The Balaban J connectivity index is 2.67. The Morgan fingerprint density at radius 1 is 1.53 bits per heavy atom. The smallest absolute Gasteiger partial charge is 0.331 e. The summed E-state index contributed by atoms with van der Waals surface area (Å²) in [5.41, 5.74) is 0. The van der Waals surface area contributed by atoms with Crippen molar-refractivity contribution in [1.29, 1.82) is 0 Å². The van der Waals surface area contributed by atoms with Gasteiger partial charge >= 0.3 is 18.0 Å². The largest absolute Gasteiger partial charge is 0.479 e. The number of esters is 1. The van der Waals surface area contributed by atoms with Gasteiger partial charge in [0.05, 0.1) is 7.11 Å². The van der Waals surface area contributed by atoms with Gasteiger partial charge in [-0.1, -0.05) is 6.07 Å². The fraction of sp³-hybridized carbons (Fsp3) is 0.364. The number of likely N-dealkylation sites (N-methyl/N-ethyl adjacent to an activating group) is 1. The molecule has 0 bridgehead atoms. The molecule has 1 heterocycles. The van der Waals surface area contributed by atoms with Gasteiger partial charge in [-0.25, -0.2) is 9.59 Å². The van der Waals surface area contributed by atoms with E-state index in [9.17, 15) is 14.4 Å². The van der Waals surface area contributed by atoms with Crippen LogP contribution >= 0.6 is 11.3 Å². The number of urea groups is 1. The van der Waals surface area contributed by atoms with Crippen molar-refractivity contribution in [3.05, 3.63) is 22.4 Å². The number of carbonyl (C=O) groups excluding carboxylic acids is 2. The summed E-state index contributed by atoms with van der Waals surface area (Å²) < 4.78 is 4.42. The molecule has 1 atom stereocenters. The van der Waals surface area contributed by atoms with Gasteiger partial charge < -0.3 is 20.1 Å². The molecule has 0 radical (unpaired) electrons. The average Bonchev–Trinajstić information content (AvgIpc) is 2.88. The number of carbonyl (C=O) groups is 3. The summed E-state index contributed by atoms with van der Waals surface area (Å²) in [5, 5.41) is 13.1. The highest BCUT2D eigenvalue weighted by molar-refractivity contribution is 7.10. The molecule has 0 fully saturated rings. The minimum absolute atomic E-state index is 0.251. The van der Waals surface area contributed by atoms with Gasteiger partial charge in [0.2, 0.25) is 0 Å². The van der Waals surface area contributed by atoms with Crippen LogP contribution in [0.25, 0.3) is 0 Å². The molecule has 104 valence electrons. The number of methoxy groups -OCH3 is 1. The maximum Gasteiger partial charge on any atom is 0.331 e. The van der Waals surface area contributed by atoms with E-state index in [2.05, 4.69) is 10.1 Å². The minimum atomic E-state index is -1.16. The SMILES string of the molecule is COC(=O)CN(C)C(=O)NC(C(=O)O)c1cccs1. The summed E-state index contributed by atoms with van der Waals surface area (Å²) in [6.45, 7) is -0.251. The molecule has 1 rings (SSSR count). The van der Waals surface area contributed by atoms with E-state index in [1.165, 1.54) is 25.5 Å². The van der Waals surface area contributed by atoms with E-state index >= 15 is 0 Å². The highest BCUT2D eigenvalue weighted by Crippen LogP contribution is 2.19. The first-order chi connectivity index (χ1) is 8.95. The van der Waals surface area contributed by atoms with Crippen molar-refractivity contribution in [2.45, 2.75) is 6.04 Å². The molecule has 1 unspecified atom stereocenters. The second-order valence-corrected chi connectivity index (χ2v) is 4.65. The number of hydrogen-bond acceptors (Lipinski definition) is 5. The van der Waals surface area contributed by atoms with Crippen LogP contribution in [-0.2, 0) is 14.3 Å². The fourth-order valence-electron chi connectivity index (χ4n) is 1.27. The third-order valence-corrected chi connectivity index (χ3v) is 3.22. The van der Waals surface area contributed by atoms with Crippen LogP contribution < -0.4 is 5.32 Å². The van der Waals surface area contributed by atoms with Gasteiger partial charge in [-0.3, -0.25) is 4.79 Å². The number of nitrogens with zero attached hydrogens (tertiary/aromatic N) is 1. The van der Waals surface area contributed by atoms with E-state index in [1.54, 1.807) is 17.5 Å². The number of rotatable bonds is 5. The van der Waals surface area contributed by atoms with E-state index in [-0.39, 0.29) is 6.54 Å². The second kappa shape index (κ2) is 6.74. The lowest BCUT2D eigenvalue weighted by atomic mass is 10.2. The summed E-state index contributed by atoms with van der Waals surface area (Å²) in [6.07, 6.45) is 0. The van der Waals surface area contributed by atoms with Crippen LogP contribution in [0, 0.1) is 0 Å². The van der Waals surface area contributed by atoms with Gasteiger partial charge in [-0.15, -0.1) is 11.3 Å². The quantitative estimate of drug-likeness (QED) is 0.776. The summed E-state index contributed by atoms with van der Waals surface area (Å²) in [4.78, 5) is 35.4. The number of aliphatic carboxylic acids is 1. The molecule has 2 N–H and O–H groups in total. The Kier molecular flexibility index (Phi) is 5.31. The monoisotopic (exact) mass is 286 g/mol. The van der Waals surface area contributed by atoms with Gasteiger partial charge in [0.25, 0.3) is 0 Å². The highest BCUT2D eigenvalue weighted by Gasteiger charge is 2.25. The second-order valence-electron chi connectivity index (χ2n) is 3.67. The van der Waals surface area contributed by atoms with Crippen molar-refractivity contribution in [3.8, 4) is 0 Å². The Hall–Kier alpha value is -2.09. The lowest BCUT2D eigenvalue weighted by Crippen LogP contribution is -2.43. The zero-order valence-electron chi connectivity index (χ0n) is 10.5. The number of nitrogens with one attached hydrogen (secondary N) is 1. The van der Waals surface area contributed by atoms with Crippen molar-refractivity contribution in [1.82, 2.24) is 10.2 Å². The molecule has 2 amide bonds. The van der Waals surface area contributed by atoms with E-state index < -0.39 is 24.0 Å². The van der Waals surface area contributed by atoms with Crippen LogP contribution in [0.2, 0.25) is 0 Å². The fourth-order valence-corrected chi connectivity index (χ4v) is 2.04. The summed E-state index contributed by atoms with van der Waals surface area (Å²) in [6, 6.07) is 1.52.